The van der Waals surface area contributed by atoms with Gasteiger partial charge in [0.1, 0.15) is 6.54 Å². The summed E-state index contributed by atoms with van der Waals surface area (Å²) in [5.74, 6) is -2.07. The van der Waals surface area contributed by atoms with Gasteiger partial charge in [-0.2, -0.15) is 17.5 Å². The Kier molecular flexibility index (Phi) is 5.34. The topological polar surface area (TPSA) is 104 Å². The van der Waals surface area contributed by atoms with E-state index in [-0.39, 0.29) is 30.0 Å². The van der Waals surface area contributed by atoms with Crippen LogP contribution >= 0.6 is 0 Å². The van der Waals surface area contributed by atoms with Gasteiger partial charge in [0.05, 0.1) is 10.3 Å². The molecule has 0 bridgehead atoms. The highest BCUT2D eigenvalue weighted by Gasteiger charge is 2.44. The number of carbonyl (C=O) groups is 2. The molecular weight excluding hydrogens is 377 g/mol. The Labute approximate surface area is 147 Å². The van der Waals surface area contributed by atoms with Crippen molar-refractivity contribution in [2.75, 3.05) is 19.6 Å². The van der Waals surface area contributed by atoms with Gasteiger partial charge in [0.25, 0.3) is 5.91 Å². The molecule has 26 heavy (non-hydrogen) atoms. The minimum absolute atomic E-state index is 0.0406. The molecule has 144 valence electrons. The molecule has 0 saturated carbocycles. The maximum Gasteiger partial charge on any atom is 0.405 e. The molecule has 1 amide bonds. The van der Waals surface area contributed by atoms with Crippen molar-refractivity contribution < 1.29 is 36.3 Å². The van der Waals surface area contributed by atoms with Crippen LogP contribution in [0.25, 0.3) is 0 Å². The van der Waals surface area contributed by atoms with Crippen LogP contribution in [0.5, 0.6) is 0 Å². The van der Waals surface area contributed by atoms with Gasteiger partial charge in [0, 0.05) is 18.7 Å². The van der Waals surface area contributed by atoms with E-state index in [2.05, 4.69) is 0 Å². The first-order valence-electron chi connectivity index (χ1n) is 7.54. The first-order valence-corrected chi connectivity index (χ1v) is 8.98. The minimum atomic E-state index is -4.55. The molecule has 0 aromatic heterocycles. The smallest absolute Gasteiger partial charge is 0.405 e. The quantitative estimate of drug-likeness (QED) is 0.787. The first kappa shape index (κ1) is 20.2. The van der Waals surface area contributed by atoms with Gasteiger partial charge in [-0.1, -0.05) is 0 Å². The number of benzene rings is 1. The van der Waals surface area contributed by atoms with E-state index >= 15 is 0 Å². The van der Waals surface area contributed by atoms with Crippen LogP contribution in [-0.2, 0) is 14.8 Å². The molecule has 1 aliphatic heterocycles. The van der Waals surface area contributed by atoms with Gasteiger partial charge in [0.2, 0.25) is 10.0 Å². The molecule has 1 aliphatic rings. The van der Waals surface area contributed by atoms with Crippen molar-refractivity contribution in [1.29, 1.82) is 0 Å². The van der Waals surface area contributed by atoms with Crippen molar-refractivity contribution in [2.24, 2.45) is 5.41 Å². The highest BCUT2D eigenvalue weighted by molar-refractivity contribution is 7.89. The second-order valence-corrected chi connectivity index (χ2v) is 8.21. The van der Waals surface area contributed by atoms with E-state index in [1.54, 1.807) is 5.32 Å². The van der Waals surface area contributed by atoms with Crippen LogP contribution in [0.3, 0.4) is 0 Å². The fourth-order valence-electron chi connectivity index (χ4n) is 2.51. The number of alkyl halides is 3. The van der Waals surface area contributed by atoms with Crippen molar-refractivity contribution in [1.82, 2.24) is 9.62 Å². The zero-order valence-corrected chi connectivity index (χ0v) is 14.5. The van der Waals surface area contributed by atoms with Crippen LogP contribution in [0.4, 0.5) is 13.2 Å². The molecule has 1 aromatic rings. The Morgan fingerprint density at radius 2 is 1.85 bits per heavy atom. The Hall–Kier alpha value is -2.14. The van der Waals surface area contributed by atoms with Crippen LogP contribution in [0.15, 0.2) is 29.2 Å². The lowest BCUT2D eigenvalue weighted by Gasteiger charge is -2.20. The summed E-state index contributed by atoms with van der Waals surface area (Å²) in [5, 5.41) is 10.9. The third-order valence-corrected chi connectivity index (χ3v) is 6.02. The van der Waals surface area contributed by atoms with Gasteiger partial charge in [-0.05, 0) is 37.6 Å². The van der Waals surface area contributed by atoms with Crippen LogP contribution in [0.1, 0.15) is 23.7 Å². The number of nitrogens with zero attached hydrogens (tertiary/aromatic N) is 1. The molecular formula is C15H17F3N2O5S. The summed E-state index contributed by atoms with van der Waals surface area (Å²) in [6.45, 7) is -0.177. The van der Waals surface area contributed by atoms with Gasteiger partial charge < -0.3 is 10.4 Å². The summed E-state index contributed by atoms with van der Waals surface area (Å²) < 4.78 is 62.5. The molecule has 1 unspecified atom stereocenters. The number of carboxylic acid groups (broad SMARTS) is 1. The second kappa shape index (κ2) is 6.88. The lowest BCUT2D eigenvalue weighted by atomic mass is 9.90. The third kappa shape index (κ3) is 4.33. The number of aliphatic carboxylic acids is 1. The van der Waals surface area contributed by atoms with Crippen molar-refractivity contribution >= 4 is 21.9 Å². The van der Waals surface area contributed by atoms with E-state index in [1.165, 1.54) is 6.92 Å². The van der Waals surface area contributed by atoms with E-state index in [9.17, 15) is 36.3 Å². The van der Waals surface area contributed by atoms with Crippen molar-refractivity contribution in [3.8, 4) is 0 Å². The van der Waals surface area contributed by atoms with E-state index in [4.69, 9.17) is 0 Å². The maximum absolute atomic E-state index is 12.6. The van der Waals surface area contributed by atoms with Gasteiger partial charge >= 0.3 is 12.1 Å². The minimum Gasteiger partial charge on any atom is -0.481 e. The van der Waals surface area contributed by atoms with Gasteiger partial charge in [-0.3, -0.25) is 9.59 Å². The lowest BCUT2D eigenvalue weighted by molar-refractivity contribution is -0.146. The van der Waals surface area contributed by atoms with E-state index in [0.29, 0.717) is 0 Å². The number of hydrogen-bond donors (Lipinski definition) is 2. The summed E-state index contributed by atoms with van der Waals surface area (Å²) in [4.78, 5) is 22.7. The fourth-order valence-corrected chi connectivity index (χ4v) is 4.07. The van der Waals surface area contributed by atoms with Crippen LogP contribution < -0.4 is 5.32 Å². The highest BCUT2D eigenvalue weighted by atomic mass is 32.2. The monoisotopic (exact) mass is 394 g/mol. The van der Waals surface area contributed by atoms with E-state index < -0.39 is 40.0 Å². The Morgan fingerprint density at radius 1 is 1.27 bits per heavy atom. The number of nitrogens with one attached hydrogen (secondary N) is 1. The summed E-state index contributed by atoms with van der Waals surface area (Å²) in [6, 6.07) is 4.42. The van der Waals surface area contributed by atoms with Crippen molar-refractivity contribution in [3.63, 3.8) is 0 Å². The summed E-state index contributed by atoms with van der Waals surface area (Å²) in [5.41, 5.74) is -1.30. The van der Waals surface area contributed by atoms with Crippen molar-refractivity contribution in [2.45, 2.75) is 24.4 Å². The van der Waals surface area contributed by atoms with Crippen LogP contribution in [0.2, 0.25) is 0 Å². The van der Waals surface area contributed by atoms with Crippen LogP contribution in [0, 0.1) is 5.41 Å². The Morgan fingerprint density at radius 3 is 2.31 bits per heavy atom. The molecule has 2 N–H and O–H groups in total. The molecule has 0 radical (unpaired) electrons. The molecule has 1 atom stereocenters. The number of hydrogen-bond acceptors (Lipinski definition) is 4. The number of carboxylic acids is 1. The van der Waals surface area contributed by atoms with Gasteiger partial charge in [-0.15, -0.1) is 0 Å². The predicted octanol–water partition coefficient (Wildman–Crippen LogP) is 1.46. The molecule has 0 aliphatic carbocycles. The summed E-state index contributed by atoms with van der Waals surface area (Å²) in [7, 11) is -3.96. The normalized spacial score (nSPS) is 21.5. The maximum atomic E-state index is 12.6. The Balaban J connectivity index is 2.12. The SMILES string of the molecule is CC1(C(=O)O)CCN(S(=O)(=O)c2ccc(C(=O)NCC(F)(F)F)cc2)C1. The fraction of sp³-hybridized carbons (Fsp3) is 0.467. The highest BCUT2D eigenvalue weighted by Crippen LogP contribution is 2.33. The van der Waals surface area contributed by atoms with Gasteiger partial charge in [-0.25, -0.2) is 8.42 Å². The number of rotatable bonds is 5. The third-order valence-electron chi connectivity index (χ3n) is 4.16. The molecule has 11 heteroatoms. The zero-order chi connectivity index (χ0) is 19.8. The van der Waals surface area contributed by atoms with Gasteiger partial charge in [0.15, 0.2) is 0 Å². The van der Waals surface area contributed by atoms with Crippen LogP contribution in [-0.4, -0.2) is 55.5 Å². The zero-order valence-electron chi connectivity index (χ0n) is 13.7. The second-order valence-electron chi connectivity index (χ2n) is 6.28. The molecule has 1 aromatic carbocycles. The van der Waals surface area contributed by atoms with Crippen molar-refractivity contribution in [3.05, 3.63) is 29.8 Å². The molecule has 2 rings (SSSR count). The number of halogens is 3. The molecule has 1 heterocycles. The number of carbonyl (C=O) groups excluding carboxylic acids is 1. The number of amides is 1. The molecule has 0 spiro atoms. The predicted molar refractivity (Wildman–Crippen MR) is 83.9 cm³/mol. The number of sulfonamides is 1. The molecule has 7 nitrogen and oxygen atoms in total. The average Bonchev–Trinajstić information content (AvgIpc) is 2.97. The lowest BCUT2D eigenvalue weighted by Crippen LogP contribution is -2.35. The molecule has 1 fully saturated rings. The van der Waals surface area contributed by atoms with E-state index in [1.807, 2.05) is 0 Å². The summed E-state index contributed by atoms with van der Waals surface area (Å²) in [6.07, 6.45) is -4.38. The Bertz CT molecular complexity index is 808. The standard InChI is InChI=1S/C15H17F3N2O5S/c1-14(13(22)23)6-7-20(9-14)26(24,25)11-4-2-10(3-5-11)12(21)19-8-15(16,17)18/h2-5H,6-9H2,1H3,(H,19,21)(H,22,23). The molecule has 1 saturated heterocycles. The first-order chi connectivity index (χ1) is 11.8. The average molecular weight is 394 g/mol. The largest absolute Gasteiger partial charge is 0.481 e. The van der Waals surface area contributed by atoms with E-state index in [0.717, 1.165) is 28.6 Å². The summed E-state index contributed by atoms with van der Waals surface area (Å²) >= 11 is 0.